The maximum atomic E-state index is 13.5. The number of anilines is 1. The van der Waals surface area contributed by atoms with Crippen molar-refractivity contribution in [1.82, 2.24) is 4.31 Å². The van der Waals surface area contributed by atoms with Crippen LogP contribution in [0, 0.1) is 5.82 Å². The fraction of sp³-hybridized carbons (Fsp3) is 0.278. The Morgan fingerprint density at radius 2 is 1.69 bits per heavy atom. The van der Waals surface area contributed by atoms with Gasteiger partial charge >= 0.3 is 0 Å². The molecule has 1 N–H and O–H groups in total. The zero-order valence-corrected chi connectivity index (χ0v) is 15.4. The predicted molar refractivity (Wildman–Crippen MR) is 97.1 cm³/mol. The summed E-state index contributed by atoms with van der Waals surface area (Å²) in [5, 5.41) is 2.40. The molecule has 2 aromatic carbocycles. The van der Waals surface area contributed by atoms with E-state index in [0.29, 0.717) is 18.8 Å². The van der Waals surface area contributed by atoms with Gasteiger partial charge in [-0.15, -0.1) is 0 Å². The Morgan fingerprint density at radius 3 is 2.27 bits per heavy atom. The first-order valence-corrected chi connectivity index (χ1v) is 9.59. The summed E-state index contributed by atoms with van der Waals surface area (Å²) in [5.41, 5.74) is 0.0711. The first kappa shape index (κ1) is 19.9. The van der Waals surface area contributed by atoms with E-state index in [1.54, 1.807) is 19.9 Å². The molecule has 0 spiro atoms. The maximum absolute atomic E-state index is 13.5. The van der Waals surface area contributed by atoms with Gasteiger partial charge in [0.15, 0.2) is 6.61 Å². The highest BCUT2D eigenvalue weighted by Gasteiger charge is 2.21. The van der Waals surface area contributed by atoms with Gasteiger partial charge in [0, 0.05) is 13.1 Å². The summed E-state index contributed by atoms with van der Waals surface area (Å²) in [6, 6.07) is 11.6. The quantitative estimate of drug-likeness (QED) is 0.764. The Labute approximate surface area is 152 Å². The van der Waals surface area contributed by atoms with E-state index >= 15 is 0 Å². The molecule has 1 amide bonds. The summed E-state index contributed by atoms with van der Waals surface area (Å²) in [5.74, 6) is -0.714. The number of carbonyl (C=O) groups excluding carboxylic acids is 1. The molecule has 0 aliphatic carbocycles. The number of rotatable bonds is 8. The van der Waals surface area contributed by atoms with Gasteiger partial charge in [-0.3, -0.25) is 4.79 Å². The molecule has 140 valence electrons. The minimum absolute atomic E-state index is 0.0711. The molecule has 0 aromatic heterocycles. The van der Waals surface area contributed by atoms with Crippen LogP contribution in [0.25, 0.3) is 0 Å². The van der Waals surface area contributed by atoms with Crippen LogP contribution in [0.5, 0.6) is 5.75 Å². The number of sulfonamides is 1. The molecule has 0 aliphatic heterocycles. The fourth-order valence-corrected chi connectivity index (χ4v) is 3.78. The monoisotopic (exact) mass is 380 g/mol. The average molecular weight is 380 g/mol. The van der Waals surface area contributed by atoms with E-state index < -0.39 is 21.7 Å². The first-order valence-electron chi connectivity index (χ1n) is 8.15. The van der Waals surface area contributed by atoms with Gasteiger partial charge < -0.3 is 10.1 Å². The Balaban J connectivity index is 1.97. The second-order valence-electron chi connectivity index (χ2n) is 5.38. The van der Waals surface area contributed by atoms with Crippen LogP contribution in [0.1, 0.15) is 13.8 Å². The van der Waals surface area contributed by atoms with Gasteiger partial charge in [-0.25, -0.2) is 12.8 Å². The lowest BCUT2D eigenvalue weighted by atomic mass is 10.3. The van der Waals surface area contributed by atoms with Crippen LogP contribution in [0.4, 0.5) is 10.1 Å². The van der Waals surface area contributed by atoms with Crippen LogP contribution >= 0.6 is 0 Å². The zero-order valence-electron chi connectivity index (χ0n) is 14.6. The molecule has 6 nitrogen and oxygen atoms in total. The third-order valence-electron chi connectivity index (χ3n) is 3.68. The van der Waals surface area contributed by atoms with Crippen molar-refractivity contribution in [3.8, 4) is 5.75 Å². The number of nitrogens with one attached hydrogen (secondary N) is 1. The summed E-state index contributed by atoms with van der Waals surface area (Å²) in [6.45, 7) is 3.98. The van der Waals surface area contributed by atoms with Crippen molar-refractivity contribution in [2.75, 3.05) is 25.0 Å². The van der Waals surface area contributed by atoms with Crippen molar-refractivity contribution in [1.29, 1.82) is 0 Å². The van der Waals surface area contributed by atoms with Crippen molar-refractivity contribution in [2.45, 2.75) is 18.7 Å². The van der Waals surface area contributed by atoms with E-state index in [1.165, 1.54) is 46.8 Å². The number of ether oxygens (including phenoxy) is 1. The van der Waals surface area contributed by atoms with Crippen molar-refractivity contribution < 1.29 is 22.3 Å². The Hall–Kier alpha value is -2.45. The number of hydrogen-bond acceptors (Lipinski definition) is 4. The molecule has 0 heterocycles. The molecule has 2 aromatic rings. The first-order chi connectivity index (χ1) is 12.4. The SMILES string of the molecule is CCN(CC)S(=O)(=O)c1ccc(OCC(=O)Nc2ccccc2F)cc1. The van der Waals surface area contributed by atoms with Gasteiger partial charge in [-0.05, 0) is 36.4 Å². The smallest absolute Gasteiger partial charge is 0.262 e. The molecule has 0 unspecified atom stereocenters. The van der Waals surface area contributed by atoms with Gasteiger partial charge in [-0.2, -0.15) is 4.31 Å². The second-order valence-corrected chi connectivity index (χ2v) is 7.32. The lowest BCUT2D eigenvalue weighted by molar-refractivity contribution is -0.118. The molecule has 0 saturated carbocycles. The van der Waals surface area contributed by atoms with Crippen LogP contribution in [-0.4, -0.2) is 38.3 Å². The topological polar surface area (TPSA) is 75.7 Å². The van der Waals surface area contributed by atoms with E-state index in [1.807, 2.05) is 0 Å². The molecular formula is C18H21FN2O4S. The molecule has 8 heteroatoms. The van der Waals surface area contributed by atoms with Crippen molar-refractivity contribution in [3.63, 3.8) is 0 Å². The summed E-state index contributed by atoms with van der Waals surface area (Å²) in [6.07, 6.45) is 0. The van der Waals surface area contributed by atoms with Crippen LogP contribution < -0.4 is 10.1 Å². The van der Waals surface area contributed by atoms with Gasteiger partial charge in [0.1, 0.15) is 11.6 Å². The molecule has 0 saturated heterocycles. The highest BCUT2D eigenvalue weighted by molar-refractivity contribution is 7.89. The van der Waals surface area contributed by atoms with E-state index in [9.17, 15) is 17.6 Å². The van der Waals surface area contributed by atoms with Gasteiger partial charge in [-0.1, -0.05) is 26.0 Å². The second kappa shape index (κ2) is 8.77. The van der Waals surface area contributed by atoms with E-state index in [2.05, 4.69) is 5.32 Å². The Bertz CT molecular complexity index is 850. The number of hydrogen-bond donors (Lipinski definition) is 1. The number of carbonyl (C=O) groups is 1. The molecular weight excluding hydrogens is 359 g/mol. The lowest BCUT2D eigenvalue weighted by Crippen LogP contribution is -2.30. The number of halogens is 1. The third kappa shape index (κ3) is 4.80. The fourth-order valence-electron chi connectivity index (χ4n) is 2.32. The van der Waals surface area contributed by atoms with Crippen molar-refractivity contribution in [2.24, 2.45) is 0 Å². The van der Waals surface area contributed by atoms with E-state index in [0.717, 1.165) is 0 Å². The Morgan fingerprint density at radius 1 is 1.08 bits per heavy atom. The van der Waals surface area contributed by atoms with E-state index in [-0.39, 0.29) is 17.2 Å². The number of benzene rings is 2. The molecule has 0 bridgehead atoms. The Kier molecular flexibility index (Phi) is 6.70. The molecule has 26 heavy (non-hydrogen) atoms. The highest BCUT2D eigenvalue weighted by atomic mass is 32.2. The molecule has 0 aliphatic rings. The van der Waals surface area contributed by atoms with Crippen molar-refractivity contribution >= 4 is 21.6 Å². The number of amides is 1. The number of nitrogens with zero attached hydrogens (tertiary/aromatic N) is 1. The van der Waals surface area contributed by atoms with Crippen LogP contribution in [-0.2, 0) is 14.8 Å². The largest absolute Gasteiger partial charge is 0.484 e. The zero-order chi connectivity index (χ0) is 19.2. The average Bonchev–Trinajstić information content (AvgIpc) is 2.63. The predicted octanol–water partition coefficient (Wildman–Crippen LogP) is 2.87. The molecule has 0 atom stereocenters. The summed E-state index contributed by atoms with van der Waals surface area (Å²) >= 11 is 0. The van der Waals surface area contributed by atoms with Gasteiger partial charge in [0.2, 0.25) is 10.0 Å². The normalized spacial score (nSPS) is 11.4. The standard InChI is InChI=1S/C18H21FN2O4S/c1-3-21(4-2)26(23,24)15-11-9-14(10-12-15)25-13-18(22)20-17-8-6-5-7-16(17)19/h5-12H,3-4,13H2,1-2H3,(H,20,22). The molecule has 0 fully saturated rings. The summed E-state index contributed by atoms with van der Waals surface area (Å²) < 4.78 is 44.9. The third-order valence-corrected chi connectivity index (χ3v) is 5.75. The van der Waals surface area contributed by atoms with Crippen LogP contribution in [0.2, 0.25) is 0 Å². The highest BCUT2D eigenvalue weighted by Crippen LogP contribution is 2.19. The molecule has 0 radical (unpaired) electrons. The van der Waals surface area contributed by atoms with Gasteiger partial charge in [0.25, 0.3) is 5.91 Å². The minimum Gasteiger partial charge on any atom is -0.484 e. The minimum atomic E-state index is -3.54. The summed E-state index contributed by atoms with van der Waals surface area (Å²) in [4.78, 5) is 12.0. The van der Waals surface area contributed by atoms with Crippen LogP contribution in [0.3, 0.4) is 0 Å². The maximum Gasteiger partial charge on any atom is 0.262 e. The lowest BCUT2D eigenvalue weighted by Gasteiger charge is -2.18. The van der Waals surface area contributed by atoms with E-state index in [4.69, 9.17) is 4.74 Å². The number of para-hydroxylation sites is 1. The molecule has 2 rings (SSSR count). The van der Waals surface area contributed by atoms with Crippen molar-refractivity contribution in [3.05, 3.63) is 54.3 Å². The summed E-state index contributed by atoms with van der Waals surface area (Å²) in [7, 11) is -3.54. The van der Waals surface area contributed by atoms with Gasteiger partial charge in [0.05, 0.1) is 10.6 Å². The van der Waals surface area contributed by atoms with Crippen LogP contribution in [0.15, 0.2) is 53.4 Å².